The van der Waals surface area contributed by atoms with Crippen LogP contribution in [0.2, 0.25) is 0 Å². The Kier molecular flexibility index (Phi) is 7.00. The first-order chi connectivity index (χ1) is 9.15. The fourth-order valence-corrected chi connectivity index (χ4v) is 2.51. The number of nitrogens with two attached hydrogens (primary N) is 1. The van der Waals surface area contributed by atoms with E-state index >= 15 is 0 Å². The molecule has 0 atom stereocenters. The number of aryl methyl sites for hydroxylation is 2. The quantitative estimate of drug-likeness (QED) is 0.455. The Labute approximate surface area is 140 Å². The van der Waals surface area contributed by atoms with E-state index in [2.05, 4.69) is 32.9 Å². The van der Waals surface area contributed by atoms with Gasteiger partial charge in [-0.1, -0.05) is 6.07 Å². The predicted octanol–water partition coefficient (Wildman–Crippen LogP) is 2.06. The van der Waals surface area contributed by atoms with Crippen molar-refractivity contribution in [1.82, 2.24) is 15.1 Å². The monoisotopic (exact) mass is 405 g/mol. The summed E-state index contributed by atoms with van der Waals surface area (Å²) in [5.41, 5.74) is 7.88. The smallest absolute Gasteiger partial charge is 0.188 e. The van der Waals surface area contributed by atoms with Crippen LogP contribution in [0, 0.1) is 6.92 Å². The molecule has 0 aliphatic rings. The third kappa shape index (κ3) is 5.12. The average molecular weight is 405 g/mol. The first-order valence-electron chi connectivity index (χ1n) is 6.21. The third-order valence-corrected chi connectivity index (χ3v) is 3.70. The molecule has 2 heterocycles. The fourth-order valence-electron chi connectivity index (χ4n) is 1.80. The Hall–Kier alpha value is -1.09. The molecule has 0 aromatic carbocycles. The van der Waals surface area contributed by atoms with E-state index in [-0.39, 0.29) is 24.0 Å². The van der Waals surface area contributed by atoms with Gasteiger partial charge in [-0.15, -0.1) is 35.3 Å². The van der Waals surface area contributed by atoms with E-state index in [9.17, 15) is 0 Å². The van der Waals surface area contributed by atoms with Crippen LogP contribution in [0.25, 0.3) is 0 Å². The summed E-state index contributed by atoms with van der Waals surface area (Å²) in [7, 11) is 1.91. The summed E-state index contributed by atoms with van der Waals surface area (Å²) < 4.78 is 1.83. The number of guanidine groups is 1. The molecule has 0 aliphatic carbocycles. The van der Waals surface area contributed by atoms with Crippen molar-refractivity contribution in [2.24, 2.45) is 17.8 Å². The third-order valence-electron chi connectivity index (χ3n) is 2.77. The van der Waals surface area contributed by atoms with Crippen LogP contribution in [0.15, 0.2) is 28.6 Å². The molecule has 0 spiro atoms. The van der Waals surface area contributed by atoms with Crippen molar-refractivity contribution in [2.75, 3.05) is 6.54 Å². The first-order valence-corrected chi connectivity index (χ1v) is 7.09. The topological polar surface area (TPSA) is 68.2 Å². The molecule has 2 aromatic rings. The van der Waals surface area contributed by atoms with Gasteiger partial charge < -0.3 is 11.1 Å². The van der Waals surface area contributed by atoms with Crippen LogP contribution in [0.1, 0.15) is 16.3 Å². The Balaban J connectivity index is 0.00000200. The van der Waals surface area contributed by atoms with Crippen LogP contribution >= 0.6 is 35.3 Å². The highest BCUT2D eigenvalue weighted by molar-refractivity contribution is 14.0. The lowest BCUT2D eigenvalue weighted by molar-refractivity contribution is 0.704. The van der Waals surface area contributed by atoms with Gasteiger partial charge in [-0.25, -0.2) is 4.99 Å². The van der Waals surface area contributed by atoms with Crippen molar-refractivity contribution in [3.8, 4) is 0 Å². The van der Waals surface area contributed by atoms with Crippen LogP contribution in [0.3, 0.4) is 0 Å². The summed E-state index contributed by atoms with van der Waals surface area (Å²) in [6, 6.07) is 6.20. The maximum Gasteiger partial charge on any atom is 0.188 e. The fraction of sp³-hybridized carbons (Fsp3) is 0.385. The Morgan fingerprint density at radius 1 is 1.55 bits per heavy atom. The van der Waals surface area contributed by atoms with Gasteiger partial charge in [0.1, 0.15) is 0 Å². The largest absolute Gasteiger partial charge is 0.370 e. The Bertz CT molecular complexity index is 547. The van der Waals surface area contributed by atoms with Crippen LogP contribution in [-0.4, -0.2) is 22.3 Å². The van der Waals surface area contributed by atoms with Crippen molar-refractivity contribution in [2.45, 2.75) is 19.9 Å². The summed E-state index contributed by atoms with van der Waals surface area (Å²) in [5.74, 6) is 0.482. The first kappa shape index (κ1) is 17.0. The molecular formula is C13H20IN5S. The van der Waals surface area contributed by atoms with E-state index in [0.29, 0.717) is 12.5 Å². The average Bonchev–Trinajstić information content (AvgIpc) is 2.97. The zero-order valence-corrected chi connectivity index (χ0v) is 14.8. The molecule has 5 nitrogen and oxygen atoms in total. The molecule has 7 heteroatoms. The summed E-state index contributed by atoms with van der Waals surface area (Å²) in [5, 5.41) is 9.48. The second kappa shape index (κ2) is 8.25. The van der Waals surface area contributed by atoms with E-state index in [1.54, 1.807) is 11.3 Å². The standard InChI is InChI=1S/C13H19N5S.HI/c1-10-8-11(18(2)17-10)9-16-13(14)15-6-5-12-4-3-7-19-12;/h3-4,7-8H,5-6,9H2,1-2H3,(H3,14,15,16);1H. The molecule has 20 heavy (non-hydrogen) atoms. The second-order valence-corrected chi connectivity index (χ2v) is 5.39. The SMILES string of the molecule is Cc1cc(CN=C(N)NCCc2cccs2)n(C)n1.I. The van der Waals surface area contributed by atoms with Gasteiger partial charge in [0.15, 0.2) is 5.96 Å². The number of hydrogen-bond donors (Lipinski definition) is 2. The lowest BCUT2D eigenvalue weighted by atomic mass is 10.3. The Morgan fingerprint density at radius 2 is 2.35 bits per heavy atom. The van der Waals surface area contributed by atoms with E-state index in [4.69, 9.17) is 5.73 Å². The number of nitrogens with one attached hydrogen (secondary N) is 1. The van der Waals surface area contributed by atoms with Gasteiger partial charge in [-0.3, -0.25) is 4.68 Å². The molecule has 0 fully saturated rings. The Morgan fingerprint density at radius 3 is 2.95 bits per heavy atom. The van der Waals surface area contributed by atoms with Gasteiger partial charge in [0.25, 0.3) is 0 Å². The summed E-state index contributed by atoms with van der Waals surface area (Å²) in [4.78, 5) is 5.66. The highest BCUT2D eigenvalue weighted by Gasteiger charge is 2.01. The van der Waals surface area contributed by atoms with E-state index < -0.39 is 0 Å². The maximum atomic E-state index is 5.83. The zero-order valence-electron chi connectivity index (χ0n) is 11.7. The number of aliphatic imine (C=N–C) groups is 1. The van der Waals surface area contributed by atoms with Crippen molar-refractivity contribution in [3.63, 3.8) is 0 Å². The van der Waals surface area contributed by atoms with Crippen LogP contribution in [0.4, 0.5) is 0 Å². The molecule has 2 rings (SSSR count). The molecule has 3 N–H and O–H groups in total. The molecule has 110 valence electrons. The van der Waals surface area contributed by atoms with E-state index in [0.717, 1.165) is 24.4 Å². The molecule has 0 saturated heterocycles. The molecule has 0 unspecified atom stereocenters. The van der Waals surface area contributed by atoms with Crippen molar-refractivity contribution in [1.29, 1.82) is 0 Å². The number of hydrogen-bond acceptors (Lipinski definition) is 3. The van der Waals surface area contributed by atoms with Crippen molar-refractivity contribution < 1.29 is 0 Å². The second-order valence-electron chi connectivity index (χ2n) is 4.36. The van der Waals surface area contributed by atoms with Crippen molar-refractivity contribution in [3.05, 3.63) is 39.8 Å². The van der Waals surface area contributed by atoms with E-state index in [1.165, 1.54) is 4.88 Å². The van der Waals surface area contributed by atoms with E-state index in [1.807, 2.05) is 24.7 Å². The summed E-state index contributed by atoms with van der Waals surface area (Å²) >= 11 is 1.76. The van der Waals surface area contributed by atoms with Crippen LogP contribution in [0.5, 0.6) is 0 Å². The lowest BCUT2D eigenvalue weighted by Gasteiger charge is -2.04. The lowest BCUT2D eigenvalue weighted by Crippen LogP contribution is -2.33. The highest BCUT2D eigenvalue weighted by atomic mass is 127. The van der Waals surface area contributed by atoms with Gasteiger partial charge >= 0.3 is 0 Å². The molecule has 0 saturated carbocycles. The molecular weight excluding hydrogens is 385 g/mol. The van der Waals surface area contributed by atoms with Gasteiger partial charge in [0.2, 0.25) is 0 Å². The van der Waals surface area contributed by atoms with Gasteiger partial charge in [0, 0.05) is 18.5 Å². The molecule has 2 aromatic heterocycles. The minimum atomic E-state index is 0. The predicted molar refractivity (Wildman–Crippen MR) is 94.7 cm³/mol. The maximum absolute atomic E-state index is 5.83. The summed E-state index contributed by atoms with van der Waals surface area (Å²) in [6.45, 7) is 3.32. The minimum absolute atomic E-state index is 0. The molecule has 0 radical (unpaired) electrons. The number of aromatic nitrogens is 2. The van der Waals surface area contributed by atoms with Gasteiger partial charge in [-0.05, 0) is 30.9 Å². The van der Waals surface area contributed by atoms with Gasteiger partial charge in [-0.2, -0.15) is 5.10 Å². The number of thiophene rings is 1. The molecule has 0 bridgehead atoms. The van der Waals surface area contributed by atoms with Crippen molar-refractivity contribution >= 4 is 41.3 Å². The molecule has 0 aliphatic heterocycles. The normalized spacial score (nSPS) is 11.2. The zero-order chi connectivity index (χ0) is 13.7. The van der Waals surface area contributed by atoms with Gasteiger partial charge in [0.05, 0.1) is 17.9 Å². The van der Waals surface area contributed by atoms with Crippen LogP contribution < -0.4 is 11.1 Å². The highest BCUT2D eigenvalue weighted by Crippen LogP contribution is 2.08. The number of rotatable bonds is 5. The summed E-state index contributed by atoms with van der Waals surface area (Å²) in [6.07, 6.45) is 0.971. The number of nitrogens with zero attached hydrogens (tertiary/aromatic N) is 3. The minimum Gasteiger partial charge on any atom is -0.370 e. The number of halogens is 1. The molecule has 0 amide bonds. The van der Waals surface area contributed by atoms with Crippen LogP contribution in [-0.2, 0) is 20.0 Å².